The van der Waals surface area contributed by atoms with Gasteiger partial charge in [0.25, 0.3) is 5.56 Å². The number of rotatable bonds is 3. The number of aromatic nitrogens is 3. The van der Waals surface area contributed by atoms with E-state index >= 15 is 0 Å². The van der Waals surface area contributed by atoms with Gasteiger partial charge in [-0.3, -0.25) is 14.0 Å². The van der Waals surface area contributed by atoms with Crippen LogP contribution in [0.5, 0.6) is 0 Å². The Morgan fingerprint density at radius 2 is 2.14 bits per heavy atom. The highest BCUT2D eigenvalue weighted by Crippen LogP contribution is 2.29. The van der Waals surface area contributed by atoms with Crippen molar-refractivity contribution in [2.45, 2.75) is 13.5 Å². The summed E-state index contributed by atoms with van der Waals surface area (Å²) in [4.78, 5) is 24.2. The fourth-order valence-electron chi connectivity index (χ4n) is 2.33. The summed E-state index contributed by atoms with van der Waals surface area (Å²) < 4.78 is 8.18. The summed E-state index contributed by atoms with van der Waals surface area (Å²) in [7, 11) is 0. The first kappa shape index (κ1) is 15.3. The molecule has 0 atom stereocenters. The van der Waals surface area contributed by atoms with E-state index in [9.17, 15) is 9.59 Å². The zero-order valence-electron chi connectivity index (χ0n) is 11.5. The van der Waals surface area contributed by atoms with E-state index in [0.717, 1.165) is 15.6 Å². The molecule has 0 bridgehead atoms. The van der Waals surface area contributed by atoms with E-state index in [1.807, 2.05) is 46.9 Å². The zero-order chi connectivity index (χ0) is 15.9. The van der Waals surface area contributed by atoms with Gasteiger partial charge in [-0.1, -0.05) is 29.8 Å². The van der Waals surface area contributed by atoms with E-state index < -0.39 is 11.5 Å². The highest BCUT2D eigenvalue weighted by Gasteiger charge is 2.19. The quantitative estimate of drug-likeness (QED) is 0.472. The van der Waals surface area contributed by atoms with Crippen molar-refractivity contribution >= 4 is 56.6 Å². The Morgan fingerprint density at radius 3 is 2.86 bits per heavy atom. The van der Waals surface area contributed by atoms with Crippen molar-refractivity contribution in [1.82, 2.24) is 14.2 Å². The molecule has 2 aromatic heterocycles. The van der Waals surface area contributed by atoms with Crippen LogP contribution in [0.4, 0.5) is 0 Å². The maximum Gasteiger partial charge on any atom is 0.327 e. The second-order valence-corrected chi connectivity index (χ2v) is 5.89. The molecule has 3 aromatic rings. The third-order valence-electron chi connectivity index (χ3n) is 3.22. The number of hydrogen-bond acceptors (Lipinski definition) is 4. The Hall–Kier alpha value is -1.61. The smallest absolute Gasteiger partial charge is 0.327 e. The first-order valence-corrected chi connectivity index (χ1v) is 8.01. The van der Waals surface area contributed by atoms with Crippen LogP contribution in [0.3, 0.4) is 0 Å². The highest BCUT2D eigenvalue weighted by molar-refractivity contribution is 14.1. The predicted molar refractivity (Wildman–Crippen MR) is 91.3 cm³/mol. The monoisotopic (exact) mass is 431 g/mol. The van der Waals surface area contributed by atoms with Crippen LogP contribution in [0.15, 0.2) is 29.1 Å². The van der Waals surface area contributed by atoms with E-state index in [-0.39, 0.29) is 13.2 Å². The van der Waals surface area contributed by atoms with Gasteiger partial charge in [0.15, 0.2) is 3.83 Å². The van der Waals surface area contributed by atoms with Crippen LogP contribution < -0.4 is 5.56 Å². The number of esters is 1. The zero-order valence-corrected chi connectivity index (χ0v) is 14.5. The number of hydrogen-bond donors (Lipinski definition) is 0. The molecule has 0 N–H and O–H groups in total. The average molecular weight is 432 g/mol. The molecular formula is C14H11ClIN3O3. The largest absolute Gasteiger partial charge is 0.465 e. The van der Waals surface area contributed by atoms with E-state index in [4.69, 9.17) is 16.3 Å². The number of nitrogens with zero attached hydrogens (tertiary/aromatic N) is 3. The van der Waals surface area contributed by atoms with Gasteiger partial charge < -0.3 is 4.74 Å². The number of carbonyl (C=O) groups excluding carboxylic acids is 1. The lowest BCUT2D eigenvalue weighted by Gasteiger charge is -2.07. The van der Waals surface area contributed by atoms with Gasteiger partial charge in [0, 0.05) is 28.0 Å². The highest BCUT2D eigenvalue weighted by atomic mass is 127. The van der Waals surface area contributed by atoms with Crippen molar-refractivity contribution in [3.63, 3.8) is 0 Å². The molecule has 0 radical (unpaired) electrons. The number of ether oxygens (including phenoxy) is 1. The Bertz CT molecular complexity index is 948. The molecule has 1 aromatic carbocycles. The minimum absolute atomic E-state index is 0.239. The molecule has 0 saturated heterocycles. The van der Waals surface area contributed by atoms with Crippen molar-refractivity contribution in [3.8, 4) is 0 Å². The maximum atomic E-state index is 12.6. The number of benzene rings is 1. The topological polar surface area (TPSA) is 65.6 Å². The summed E-state index contributed by atoms with van der Waals surface area (Å²) in [5.74, 6) is -0.510. The molecule has 0 unspecified atom stereocenters. The van der Waals surface area contributed by atoms with Gasteiger partial charge >= 0.3 is 5.97 Å². The number of carbonyl (C=O) groups is 1. The van der Waals surface area contributed by atoms with Gasteiger partial charge in [-0.25, -0.2) is 4.68 Å². The van der Waals surface area contributed by atoms with Crippen molar-refractivity contribution in [2.75, 3.05) is 6.61 Å². The lowest BCUT2D eigenvalue weighted by molar-refractivity contribution is -0.144. The standard InChI is InChI=1S/C14H11ClIN3O3/c1-2-22-10(20)7-18-13(21)12-11(15)8-5-3-4-6-9(8)19(12)14(16)17-18/h3-6H,2,7H2,1H3. The first-order valence-electron chi connectivity index (χ1n) is 6.55. The van der Waals surface area contributed by atoms with Crippen LogP contribution >= 0.6 is 34.2 Å². The van der Waals surface area contributed by atoms with Crippen LogP contribution in [0.25, 0.3) is 16.4 Å². The minimum atomic E-state index is -0.510. The molecule has 0 aliphatic rings. The van der Waals surface area contributed by atoms with Crippen LogP contribution in [0.2, 0.25) is 5.02 Å². The van der Waals surface area contributed by atoms with Crippen molar-refractivity contribution in [3.05, 3.63) is 43.5 Å². The van der Waals surface area contributed by atoms with E-state index in [1.54, 1.807) is 11.3 Å². The number of halogens is 2. The molecule has 3 rings (SSSR count). The first-order chi connectivity index (χ1) is 10.5. The molecule has 8 heteroatoms. The molecule has 0 aliphatic heterocycles. The Balaban J connectivity index is 2.30. The Kier molecular flexibility index (Phi) is 4.09. The van der Waals surface area contributed by atoms with Gasteiger partial charge in [0.1, 0.15) is 12.1 Å². The van der Waals surface area contributed by atoms with E-state index in [2.05, 4.69) is 5.10 Å². The summed E-state index contributed by atoms with van der Waals surface area (Å²) in [6, 6.07) is 7.43. The van der Waals surface area contributed by atoms with Crippen molar-refractivity contribution < 1.29 is 9.53 Å². The summed E-state index contributed by atoms with van der Waals surface area (Å²) in [6.45, 7) is 1.72. The number of para-hydroxylation sites is 1. The molecular weight excluding hydrogens is 421 g/mol. The normalized spacial score (nSPS) is 11.2. The molecule has 114 valence electrons. The average Bonchev–Trinajstić information content (AvgIpc) is 2.79. The van der Waals surface area contributed by atoms with Gasteiger partial charge in [-0.2, -0.15) is 0 Å². The van der Waals surface area contributed by atoms with Crippen molar-refractivity contribution in [1.29, 1.82) is 0 Å². The maximum absolute atomic E-state index is 12.6. The van der Waals surface area contributed by atoms with Gasteiger partial charge in [0.2, 0.25) is 0 Å². The molecule has 22 heavy (non-hydrogen) atoms. The van der Waals surface area contributed by atoms with Crippen LogP contribution in [-0.4, -0.2) is 26.8 Å². The van der Waals surface area contributed by atoms with Crippen LogP contribution in [0, 0.1) is 3.83 Å². The summed E-state index contributed by atoms with van der Waals surface area (Å²) in [5, 5.41) is 5.31. The minimum Gasteiger partial charge on any atom is -0.465 e. The van der Waals surface area contributed by atoms with E-state index in [0.29, 0.717) is 14.4 Å². The van der Waals surface area contributed by atoms with E-state index in [1.165, 1.54) is 0 Å². The molecule has 0 spiro atoms. The molecule has 0 aliphatic carbocycles. The predicted octanol–water partition coefficient (Wildman–Crippen LogP) is 2.47. The summed E-state index contributed by atoms with van der Waals surface area (Å²) in [6.07, 6.45) is 0. The molecule has 2 heterocycles. The van der Waals surface area contributed by atoms with Crippen molar-refractivity contribution in [2.24, 2.45) is 0 Å². The summed E-state index contributed by atoms with van der Waals surface area (Å²) in [5.41, 5.74) is 0.695. The second-order valence-electron chi connectivity index (χ2n) is 4.55. The third kappa shape index (κ3) is 2.38. The Labute approximate surface area is 143 Å². The SMILES string of the molecule is CCOC(=O)Cn1nc(I)n2c(c(Cl)c3ccccc32)c1=O. The second kappa shape index (κ2) is 5.88. The number of fused-ring (bicyclic) bond motifs is 3. The fourth-order valence-corrected chi connectivity index (χ4v) is 3.42. The molecule has 0 saturated carbocycles. The van der Waals surface area contributed by atoms with Gasteiger partial charge in [-0.05, 0) is 13.0 Å². The van der Waals surface area contributed by atoms with Crippen LogP contribution in [-0.2, 0) is 16.1 Å². The lowest BCUT2D eigenvalue weighted by Crippen LogP contribution is -2.30. The fraction of sp³-hybridized carbons (Fsp3) is 0.214. The third-order valence-corrected chi connectivity index (χ3v) is 4.30. The lowest BCUT2D eigenvalue weighted by atomic mass is 10.2. The molecule has 6 nitrogen and oxygen atoms in total. The van der Waals surface area contributed by atoms with Crippen LogP contribution in [0.1, 0.15) is 6.92 Å². The molecule has 0 amide bonds. The van der Waals surface area contributed by atoms with Gasteiger partial charge in [-0.15, -0.1) is 5.10 Å². The van der Waals surface area contributed by atoms with Gasteiger partial charge in [0.05, 0.1) is 17.1 Å². The Morgan fingerprint density at radius 1 is 1.41 bits per heavy atom. The molecule has 0 fully saturated rings. The summed E-state index contributed by atoms with van der Waals surface area (Å²) >= 11 is 8.37.